The fourth-order valence-electron chi connectivity index (χ4n) is 1.63. The molecule has 62 valence electrons. The summed E-state index contributed by atoms with van der Waals surface area (Å²) in [5.74, 6) is 1.57. The van der Waals surface area contributed by atoms with Crippen molar-refractivity contribution in [2.24, 2.45) is 0 Å². The molecule has 0 N–H and O–H groups in total. The first-order chi connectivity index (χ1) is 5.92. The SMILES string of the molecule is C=CCC1COc2ccccc21. The summed E-state index contributed by atoms with van der Waals surface area (Å²) >= 11 is 0. The van der Waals surface area contributed by atoms with Gasteiger partial charge in [0.25, 0.3) is 0 Å². The number of fused-ring (bicyclic) bond motifs is 1. The van der Waals surface area contributed by atoms with E-state index in [1.165, 1.54) is 5.56 Å². The second-order valence-corrected chi connectivity index (χ2v) is 3.07. The first-order valence-electron chi connectivity index (χ1n) is 4.24. The Bertz CT molecular complexity index is 291. The van der Waals surface area contributed by atoms with E-state index < -0.39 is 0 Å². The maximum Gasteiger partial charge on any atom is 0.122 e. The average Bonchev–Trinajstić information content (AvgIpc) is 2.50. The Morgan fingerprint density at radius 2 is 2.33 bits per heavy atom. The lowest BCUT2D eigenvalue weighted by Gasteiger charge is -2.02. The van der Waals surface area contributed by atoms with Gasteiger partial charge in [0.1, 0.15) is 5.75 Å². The lowest BCUT2D eigenvalue weighted by molar-refractivity contribution is 0.331. The van der Waals surface area contributed by atoms with Gasteiger partial charge in [0.05, 0.1) is 6.61 Å². The van der Waals surface area contributed by atoms with Crippen LogP contribution in [0, 0.1) is 0 Å². The molecule has 1 aliphatic rings. The Labute approximate surface area is 72.7 Å². The van der Waals surface area contributed by atoms with Gasteiger partial charge in [0.2, 0.25) is 0 Å². The molecule has 1 atom stereocenters. The number of allylic oxidation sites excluding steroid dienone is 1. The number of hydrogen-bond acceptors (Lipinski definition) is 1. The molecular weight excluding hydrogens is 148 g/mol. The summed E-state index contributed by atoms with van der Waals surface area (Å²) in [5.41, 5.74) is 1.33. The largest absolute Gasteiger partial charge is 0.493 e. The predicted molar refractivity (Wildman–Crippen MR) is 49.5 cm³/mol. The van der Waals surface area contributed by atoms with Gasteiger partial charge in [-0.2, -0.15) is 0 Å². The Balaban J connectivity index is 2.29. The quantitative estimate of drug-likeness (QED) is 0.604. The summed E-state index contributed by atoms with van der Waals surface area (Å²) in [4.78, 5) is 0. The van der Waals surface area contributed by atoms with E-state index in [-0.39, 0.29) is 0 Å². The summed E-state index contributed by atoms with van der Waals surface area (Å²) < 4.78 is 5.52. The number of benzene rings is 1. The van der Waals surface area contributed by atoms with Crippen LogP contribution in [0.3, 0.4) is 0 Å². The Hall–Kier alpha value is -1.24. The maximum atomic E-state index is 5.52. The van der Waals surface area contributed by atoms with Gasteiger partial charge in [0, 0.05) is 11.5 Å². The minimum Gasteiger partial charge on any atom is -0.493 e. The minimum atomic E-state index is 0.527. The van der Waals surface area contributed by atoms with Crippen LogP contribution in [0.4, 0.5) is 0 Å². The third kappa shape index (κ3) is 1.11. The summed E-state index contributed by atoms with van der Waals surface area (Å²) in [6.45, 7) is 4.55. The number of ether oxygens (including phenoxy) is 1. The zero-order valence-electron chi connectivity index (χ0n) is 6.99. The highest BCUT2D eigenvalue weighted by atomic mass is 16.5. The molecule has 1 heterocycles. The zero-order chi connectivity index (χ0) is 8.39. The molecule has 1 unspecified atom stereocenters. The monoisotopic (exact) mass is 160 g/mol. The maximum absolute atomic E-state index is 5.52. The smallest absolute Gasteiger partial charge is 0.122 e. The molecule has 0 aliphatic carbocycles. The molecule has 0 aromatic heterocycles. The summed E-state index contributed by atoms with van der Waals surface area (Å²) in [6, 6.07) is 8.23. The fraction of sp³-hybridized carbons (Fsp3) is 0.273. The third-order valence-corrected chi connectivity index (χ3v) is 2.25. The van der Waals surface area contributed by atoms with Crippen molar-refractivity contribution in [3.8, 4) is 5.75 Å². The first kappa shape index (κ1) is 7.41. The topological polar surface area (TPSA) is 9.23 Å². The van der Waals surface area contributed by atoms with Crippen molar-refractivity contribution >= 4 is 0 Å². The van der Waals surface area contributed by atoms with E-state index in [4.69, 9.17) is 4.74 Å². The Morgan fingerprint density at radius 3 is 3.17 bits per heavy atom. The van der Waals surface area contributed by atoms with Gasteiger partial charge in [-0.05, 0) is 12.5 Å². The van der Waals surface area contributed by atoms with E-state index in [2.05, 4.69) is 18.7 Å². The highest BCUT2D eigenvalue weighted by molar-refractivity contribution is 5.39. The van der Waals surface area contributed by atoms with Crippen LogP contribution in [-0.2, 0) is 0 Å². The van der Waals surface area contributed by atoms with Gasteiger partial charge in [0.15, 0.2) is 0 Å². The number of rotatable bonds is 2. The van der Waals surface area contributed by atoms with Crippen molar-refractivity contribution in [1.29, 1.82) is 0 Å². The van der Waals surface area contributed by atoms with Crippen LogP contribution in [0.25, 0.3) is 0 Å². The van der Waals surface area contributed by atoms with Crippen LogP contribution in [0.1, 0.15) is 17.9 Å². The third-order valence-electron chi connectivity index (χ3n) is 2.25. The first-order valence-corrected chi connectivity index (χ1v) is 4.24. The van der Waals surface area contributed by atoms with Crippen molar-refractivity contribution in [1.82, 2.24) is 0 Å². The highest BCUT2D eigenvalue weighted by Crippen LogP contribution is 2.35. The molecular formula is C11H12O. The molecule has 0 saturated heterocycles. The molecule has 1 nitrogen and oxygen atoms in total. The van der Waals surface area contributed by atoms with Crippen molar-refractivity contribution in [2.45, 2.75) is 12.3 Å². The van der Waals surface area contributed by atoms with Gasteiger partial charge in [-0.1, -0.05) is 24.3 Å². The number of hydrogen-bond donors (Lipinski definition) is 0. The second-order valence-electron chi connectivity index (χ2n) is 3.07. The molecule has 0 spiro atoms. The van der Waals surface area contributed by atoms with Crippen LogP contribution < -0.4 is 4.74 Å². The highest BCUT2D eigenvalue weighted by Gasteiger charge is 2.21. The molecule has 1 aromatic rings. The van der Waals surface area contributed by atoms with Crippen molar-refractivity contribution < 1.29 is 4.74 Å². The van der Waals surface area contributed by atoms with Crippen LogP contribution in [-0.4, -0.2) is 6.61 Å². The molecule has 1 heteroatoms. The van der Waals surface area contributed by atoms with E-state index >= 15 is 0 Å². The van der Waals surface area contributed by atoms with Gasteiger partial charge in [-0.3, -0.25) is 0 Å². The van der Waals surface area contributed by atoms with Crippen LogP contribution >= 0.6 is 0 Å². The molecule has 1 aliphatic heterocycles. The van der Waals surface area contributed by atoms with Gasteiger partial charge >= 0.3 is 0 Å². The van der Waals surface area contributed by atoms with E-state index in [0.717, 1.165) is 18.8 Å². The normalized spacial score (nSPS) is 19.8. The molecule has 1 aromatic carbocycles. The van der Waals surface area contributed by atoms with Crippen LogP contribution in [0.15, 0.2) is 36.9 Å². The Kier molecular flexibility index (Phi) is 1.86. The fourth-order valence-corrected chi connectivity index (χ4v) is 1.63. The van der Waals surface area contributed by atoms with Crippen molar-refractivity contribution in [2.75, 3.05) is 6.61 Å². The average molecular weight is 160 g/mol. The standard InChI is InChI=1S/C11H12O/c1-2-5-9-8-12-11-7-4-3-6-10(9)11/h2-4,6-7,9H,1,5,8H2. The molecule has 2 rings (SSSR count). The minimum absolute atomic E-state index is 0.527. The molecule has 0 saturated carbocycles. The Morgan fingerprint density at radius 1 is 1.50 bits per heavy atom. The van der Waals surface area contributed by atoms with E-state index in [1.807, 2.05) is 18.2 Å². The van der Waals surface area contributed by atoms with Gasteiger partial charge < -0.3 is 4.74 Å². The van der Waals surface area contributed by atoms with Gasteiger partial charge in [-0.25, -0.2) is 0 Å². The summed E-state index contributed by atoms with van der Waals surface area (Å²) in [6.07, 6.45) is 2.97. The lowest BCUT2D eigenvalue weighted by Crippen LogP contribution is -1.98. The molecule has 0 bridgehead atoms. The molecule has 12 heavy (non-hydrogen) atoms. The summed E-state index contributed by atoms with van der Waals surface area (Å²) in [5, 5.41) is 0. The van der Waals surface area contributed by atoms with Crippen molar-refractivity contribution in [3.63, 3.8) is 0 Å². The molecule has 0 amide bonds. The molecule has 0 radical (unpaired) electrons. The van der Waals surface area contributed by atoms with E-state index in [1.54, 1.807) is 0 Å². The van der Waals surface area contributed by atoms with Crippen LogP contribution in [0.2, 0.25) is 0 Å². The van der Waals surface area contributed by atoms with Gasteiger partial charge in [-0.15, -0.1) is 6.58 Å². The predicted octanol–water partition coefficient (Wildman–Crippen LogP) is 2.74. The second kappa shape index (κ2) is 3.02. The van der Waals surface area contributed by atoms with Crippen LogP contribution in [0.5, 0.6) is 5.75 Å². The lowest BCUT2D eigenvalue weighted by atomic mass is 9.98. The zero-order valence-corrected chi connectivity index (χ0v) is 6.99. The van der Waals surface area contributed by atoms with Crippen molar-refractivity contribution in [3.05, 3.63) is 42.5 Å². The van der Waals surface area contributed by atoms with E-state index in [0.29, 0.717) is 5.92 Å². The van der Waals surface area contributed by atoms with E-state index in [9.17, 15) is 0 Å². The summed E-state index contributed by atoms with van der Waals surface area (Å²) in [7, 11) is 0. The molecule has 0 fully saturated rings. The number of para-hydroxylation sites is 1.